The van der Waals surface area contributed by atoms with Crippen molar-refractivity contribution in [2.75, 3.05) is 26.8 Å². The summed E-state index contributed by atoms with van der Waals surface area (Å²) < 4.78 is 6.13. The number of amides is 1. The summed E-state index contributed by atoms with van der Waals surface area (Å²) in [7, 11) is 1.66. The Labute approximate surface area is 129 Å². The van der Waals surface area contributed by atoms with Crippen molar-refractivity contribution in [2.45, 2.75) is 19.3 Å². The SMILES string of the molecule is COCCC(Cc1cccc(Br)c1)C(=O)NCCCN. The molecule has 1 aromatic rings. The zero-order chi connectivity index (χ0) is 14.8. The van der Waals surface area contributed by atoms with Gasteiger partial charge in [-0.1, -0.05) is 28.1 Å². The third-order valence-corrected chi connectivity index (χ3v) is 3.59. The minimum atomic E-state index is -0.0676. The summed E-state index contributed by atoms with van der Waals surface area (Å²) in [5.74, 6) is 0.0116. The Morgan fingerprint density at radius 3 is 2.95 bits per heavy atom. The molecule has 3 N–H and O–H groups in total. The number of carbonyl (C=O) groups excluding carboxylic acids is 1. The number of ether oxygens (including phenoxy) is 1. The van der Waals surface area contributed by atoms with Crippen LogP contribution in [0.1, 0.15) is 18.4 Å². The quantitative estimate of drug-likeness (QED) is 0.675. The lowest BCUT2D eigenvalue weighted by atomic mass is 9.95. The van der Waals surface area contributed by atoms with Crippen LogP contribution in [-0.4, -0.2) is 32.7 Å². The summed E-state index contributed by atoms with van der Waals surface area (Å²) in [4.78, 5) is 12.2. The molecule has 0 aliphatic rings. The zero-order valence-corrected chi connectivity index (χ0v) is 13.5. The Morgan fingerprint density at radius 1 is 1.50 bits per heavy atom. The molecule has 1 atom stereocenters. The predicted molar refractivity (Wildman–Crippen MR) is 84.5 cm³/mol. The summed E-state index contributed by atoms with van der Waals surface area (Å²) in [6.07, 6.45) is 2.24. The zero-order valence-electron chi connectivity index (χ0n) is 11.9. The lowest BCUT2D eigenvalue weighted by molar-refractivity contribution is -0.125. The van der Waals surface area contributed by atoms with E-state index in [0.29, 0.717) is 19.7 Å². The van der Waals surface area contributed by atoms with Gasteiger partial charge >= 0.3 is 0 Å². The van der Waals surface area contributed by atoms with Crippen molar-refractivity contribution < 1.29 is 9.53 Å². The van der Waals surface area contributed by atoms with E-state index in [1.54, 1.807) is 7.11 Å². The van der Waals surface area contributed by atoms with Crippen molar-refractivity contribution in [3.63, 3.8) is 0 Å². The normalized spacial score (nSPS) is 12.2. The molecule has 0 spiro atoms. The standard InChI is InChI=1S/C15H23BrN2O2/c1-20-9-6-13(15(19)18-8-3-7-17)10-12-4-2-5-14(16)11-12/h2,4-5,11,13H,3,6-10,17H2,1H3,(H,18,19). The fourth-order valence-electron chi connectivity index (χ4n) is 1.99. The van der Waals surface area contributed by atoms with Crippen LogP contribution in [0.5, 0.6) is 0 Å². The number of halogens is 1. The van der Waals surface area contributed by atoms with Crippen molar-refractivity contribution in [1.29, 1.82) is 0 Å². The van der Waals surface area contributed by atoms with Gasteiger partial charge in [0.2, 0.25) is 5.91 Å². The summed E-state index contributed by atoms with van der Waals surface area (Å²) in [5, 5.41) is 2.94. The number of benzene rings is 1. The number of nitrogens with two attached hydrogens (primary N) is 1. The Kier molecular flexibility index (Phi) is 8.49. The van der Waals surface area contributed by atoms with Crippen LogP contribution in [0.2, 0.25) is 0 Å². The van der Waals surface area contributed by atoms with E-state index in [2.05, 4.69) is 21.2 Å². The van der Waals surface area contributed by atoms with Crippen molar-refractivity contribution in [1.82, 2.24) is 5.32 Å². The van der Waals surface area contributed by atoms with E-state index in [1.165, 1.54) is 0 Å². The van der Waals surface area contributed by atoms with E-state index < -0.39 is 0 Å². The molecule has 0 bridgehead atoms. The van der Waals surface area contributed by atoms with E-state index >= 15 is 0 Å². The van der Waals surface area contributed by atoms with Crippen molar-refractivity contribution in [2.24, 2.45) is 11.7 Å². The van der Waals surface area contributed by atoms with Crippen molar-refractivity contribution in [3.05, 3.63) is 34.3 Å². The molecule has 0 saturated carbocycles. The number of methoxy groups -OCH3 is 1. The predicted octanol–water partition coefficient (Wildman–Crippen LogP) is 2.11. The van der Waals surface area contributed by atoms with Gasteiger partial charge in [0.05, 0.1) is 0 Å². The van der Waals surface area contributed by atoms with Crippen LogP contribution in [0.25, 0.3) is 0 Å². The van der Waals surface area contributed by atoms with Crippen LogP contribution >= 0.6 is 15.9 Å². The number of rotatable bonds is 9. The highest BCUT2D eigenvalue weighted by molar-refractivity contribution is 9.10. The first-order chi connectivity index (χ1) is 9.67. The first-order valence-corrected chi connectivity index (χ1v) is 7.67. The summed E-state index contributed by atoms with van der Waals surface area (Å²) in [6, 6.07) is 8.05. The minimum absolute atomic E-state index is 0.0676. The molecule has 0 heterocycles. The molecule has 1 aromatic carbocycles. The summed E-state index contributed by atoms with van der Waals surface area (Å²) in [6.45, 7) is 1.81. The molecular formula is C15H23BrN2O2. The van der Waals surface area contributed by atoms with E-state index in [4.69, 9.17) is 10.5 Å². The van der Waals surface area contributed by atoms with Gasteiger partial charge in [-0.2, -0.15) is 0 Å². The maximum atomic E-state index is 12.2. The van der Waals surface area contributed by atoms with Gasteiger partial charge in [0.1, 0.15) is 0 Å². The van der Waals surface area contributed by atoms with Gasteiger partial charge in [-0.15, -0.1) is 0 Å². The highest BCUT2D eigenvalue weighted by Gasteiger charge is 2.18. The van der Waals surface area contributed by atoms with Gasteiger partial charge in [-0.3, -0.25) is 4.79 Å². The molecule has 0 radical (unpaired) electrons. The average Bonchev–Trinajstić information content (AvgIpc) is 2.43. The Hall–Kier alpha value is -0.910. The lowest BCUT2D eigenvalue weighted by Gasteiger charge is -2.16. The lowest BCUT2D eigenvalue weighted by Crippen LogP contribution is -2.34. The van der Waals surface area contributed by atoms with Gasteiger partial charge in [-0.05, 0) is 43.5 Å². The van der Waals surface area contributed by atoms with Crippen LogP contribution < -0.4 is 11.1 Å². The Bertz CT molecular complexity index is 413. The molecule has 0 aromatic heterocycles. The molecule has 1 unspecified atom stereocenters. The molecule has 20 heavy (non-hydrogen) atoms. The van der Waals surface area contributed by atoms with Crippen molar-refractivity contribution >= 4 is 21.8 Å². The number of hydrogen-bond donors (Lipinski definition) is 2. The van der Waals surface area contributed by atoms with E-state index in [-0.39, 0.29) is 11.8 Å². The monoisotopic (exact) mass is 342 g/mol. The average molecular weight is 343 g/mol. The smallest absolute Gasteiger partial charge is 0.223 e. The van der Waals surface area contributed by atoms with Gasteiger partial charge in [0.15, 0.2) is 0 Å². The van der Waals surface area contributed by atoms with Gasteiger partial charge in [0, 0.05) is 30.7 Å². The van der Waals surface area contributed by atoms with Crippen LogP contribution in [0.15, 0.2) is 28.7 Å². The summed E-state index contributed by atoms with van der Waals surface area (Å²) in [5.41, 5.74) is 6.58. The fourth-order valence-corrected chi connectivity index (χ4v) is 2.44. The van der Waals surface area contributed by atoms with Crippen molar-refractivity contribution in [3.8, 4) is 0 Å². The Morgan fingerprint density at radius 2 is 2.30 bits per heavy atom. The largest absolute Gasteiger partial charge is 0.385 e. The van der Waals surface area contributed by atoms with Crippen LogP contribution in [0.3, 0.4) is 0 Å². The van der Waals surface area contributed by atoms with Crippen LogP contribution in [-0.2, 0) is 16.0 Å². The first-order valence-electron chi connectivity index (χ1n) is 6.88. The van der Waals surface area contributed by atoms with Crippen LogP contribution in [0, 0.1) is 5.92 Å². The molecule has 112 valence electrons. The molecular weight excluding hydrogens is 320 g/mol. The second-order valence-corrected chi connectivity index (χ2v) is 5.66. The molecule has 0 aliphatic carbocycles. The second kappa shape index (κ2) is 9.91. The fraction of sp³-hybridized carbons (Fsp3) is 0.533. The highest BCUT2D eigenvalue weighted by Crippen LogP contribution is 2.17. The Balaban J connectivity index is 2.60. The third-order valence-electron chi connectivity index (χ3n) is 3.09. The molecule has 0 aliphatic heterocycles. The second-order valence-electron chi connectivity index (χ2n) is 4.75. The van der Waals surface area contributed by atoms with E-state index in [9.17, 15) is 4.79 Å². The van der Waals surface area contributed by atoms with Gasteiger partial charge in [-0.25, -0.2) is 0 Å². The molecule has 5 heteroatoms. The molecule has 1 amide bonds. The molecule has 0 fully saturated rings. The topological polar surface area (TPSA) is 64.3 Å². The summed E-state index contributed by atoms with van der Waals surface area (Å²) >= 11 is 3.45. The highest BCUT2D eigenvalue weighted by atomic mass is 79.9. The minimum Gasteiger partial charge on any atom is -0.385 e. The molecule has 0 saturated heterocycles. The first kappa shape index (κ1) is 17.1. The number of carbonyl (C=O) groups is 1. The molecule has 4 nitrogen and oxygen atoms in total. The van der Waals surface area contributed by atoms with Gasteiger partial charge < -0.3 is 15.8 Å². The maximum Gasteiger partial charge on any atom is 0.223 e. The van der Waals surface area contributed by atoms with Crippen LogP contribution in [0.4, 0.5) is 0 Å². The number of nitrogens with one attached hydrogen (secondary N) is 1. The number of hydrogen-bond acceptors (Lipinski definition) is 3. The van der Waals surface area contributed by atoms with E-state index in [0.717, 1.165) is 29.3 Å². The maximum absolute atomic E-state index is 12.2. The van der Waals surface area contributed by atoms with Gasteiger partial charge in [0.25, 0.3) is 0 Å². The van der Waals surface area contributed by atoms with E-state index in [1.807, 2.05) is 24.3 Å². The third kappa shape index (κ3) is 6.50. The molecule has 1 rings (SSSR count).